The number of aromatic hydroxyl groups is 1. The van der Waals surface area contributed by atoms with E-state index in [-0.39, 0.29) is 35.2 Å². The molecule has 1 aliphatic rings. The van der Waals surface area contributed by atoms with Gasteiger partial charge in [-0.05, 0) is 49.4 Å². The van der Waals surface area contributed by atoms with Crippen LogP contribution in [-0.2, 0) is 6.42 Å². The van der Waals surface area contributed by atoms with Gasteiger partial charge < -0.3 is 9.84 Å². The average molecular weight is 380 g/mol. The maximum Gasteiger partial charge on any atom is 0.271 e. The third-order valence-electron chi connectivity index (χ3n) is 5.42. The molecule has 0 unspecified atom stereocenters. The molecule has 2 aromatic rings. The van der Waals surface area contributed by atoms with E-state index in [2.05, 4.69) is 6.92 Å². The lowest BCUT2D eigenvalue weighted by Gasteiger charge is -2.20. The van der Waals surface area contributed by atoms with Crippen LogP contribution in [0.5, 0.6) is 11.6 Å². The number of rotatable bonds is 6. The highest BCUT2D eigenvalue weighted by Gasteiger charge is 2.29. The Hall–Kier alpha value is -3.07. The number of ether oxygens (including phenoxy) is 1. The molecule has 1 heterocycles. The van der Waals surface area contributed by atoms with Crippen LogP contribution >= 0.6 is 0 Å². The summed E-state index contributed by atoms with van der Waals surface area (Å²) in [6.07, 6.45) is 4.30. The molecule has 1 N–H and O–H groups in total. The number of nitriles is 1. The van der Waals surface area contributed by atoms with Crippen LogP contribution in [0.25, 0.3) is 0 Å². The van der Waals surface area contributed by atoms with Crippen LogP contribution in [0.4, 0.5) is 0 Å². The van der Waals surface area contributed by atoms with Crippen LogP contribution < -0.4 is 10.3 Å². The van der Waals surface area contributed by atoms with Crippen LogP contribution in [0.15, 0.2) is 29.1 Å². The largest absolute Gasteiger partial charge is 0.494 e. The molecule has 6 heteroatoms. The highest BCUT2D eigenvalue weighted by Crippen LogP contribution is 2.34. The van der Waals surface area contributed by atoms with E-state index in [4.69, 9.17) is 4.74 Å². The first-order valence-electron chi connectivity index (χ1n) is 9.61. The van der Waals surface area contributed by atoms with Crippen molar-refractivity contribution in [3.05, 3.63) is 56.9 Å². The molecule has 0 aliphatic heterocycles. The third kappa shape index (κ3) is 3.65. The van der Waals surface area contributed by atoms with Crippen molar-refractivity contribution in [3.63, 3.8) is 0 Å². The van der Waals surface area contributed by atoms with Gasteiger partial charge in [-0.3, -0.25) is 14.2 Å². The van der Waals surface area contributed by atoms with E-state index < -0.39 is 11.3 Å². The third-order valence-corrected chi connectivity index (χ3v) is 5.42. The van der Waals surface area contributed by atoms with Crippen molar-refractivity contribution in [2.75, 3.05) is 6.61 Å². The number of aryl methyl sites for hydroxylation is 1. The normalized spacial score (nSPS) is 14.0. The minimum absolute atomic E-state index is 0.00627. The van der Waals surface area contributed by atoms with Gasteiger partial charge in [0.1, 0.15) is 17.4 Å². The zero-order valence-electron chi connectivity index (χ0n) is 16.2. The molecule has 1 aromatic heterocycles. The SMILES string of the molecule is CCc1ccc(OCC(=O)c2c(C)c(C#N)c(=O)n(C3CCCC3)c2O)cc1. The summed E-state index contributed by atoms with van der Waals surface area (Å²) in [4.78, 5) is 25.5. The Kier molecular flexibility index (Phi) is 5.84. The van der Waals surface area contributed by atoms with Gasteiger partial charge in [-0.15, -0.1) is 0 Å². The standard InChI is InChI=1S/C22H24N2O4/c1-3-15-8-10-17(11-9-15)28-13-19(25)20-14(2)18(12-23)21(26)24(22(20)27)16-6-4-5-7-16/h8-11,16,27H,3-7,13H2,1-2H3. The zero-order chi connectivity index (χ0) is 20.3. The Morgan fingerprint density at radius 1 is 1.29 bits per heavy atom. The lowest BCUT2D eigenvalue weighted by molar-refractivity contribution is 0.0916. The number of carbonyl (C=O) groups excluding carboxylic acids is 1. The van der Waals surface area contributed by atoms with Gasteiger partial charge in [0.25, 0.3) is 5.56 Å². The van der Waals surface area contributed by atoms with Crippen molar-refractivity contribution in [2.45, 2.75) is 52.0 Å². The lowest BCUT2D eigenvalue weighted by atomic mass is 10.0. The second-order valence-corrected chi connectivity index (χ2v) is 7.13. The first-order valence-corrected chi connectivity index (χ1v) is 9.61. The lowest BCUT2D eigenvalue weighted by Crippen LogP contribution is -2.29. The average Bonchev–Trinajstić information content (AvgIpc) is 3.21. The van der Waals surface area contributed by atoms with Crippen molar-refractivity contribution in [2.24, 2.45) is 0 Å². The maximum atomic E-state index is 12.8. The Balaban J connectivity index is 1.93. The molecule has 28 heavy (non-hydrogen) atoms. The summed E-state index contributed by atoms with van der Waals surface area (Å²) < 4.78 is 6.79. The summed E-state index contributed by atoms with van der Waals surface area (Å²) in [5.41, 5.74) is 0.731. The predicted molar refractivity (Wildman–Crippen MR) is 105 cm³/mol. The number of hydrogen-bond acceptors (Lipinski definition) is 5. The molecular formula is C22H24N2O4. The molecule has 3 rings (SSSR count). The molecular weight excluding hydrogens is 356 g/mol. The van der Waals surface area contributed by atoms with Gasteiger partial charge in [-0.2, -0.15) is 5.26 Å². The number of Topliss-reactive ketones (excluding diaryl/α,β-unsaturated/α-hetero) is 1. The van der Waals surface area contributed by atoms with E-state index in [1.54, 1.807) is 12.1 Å². The quantitative estimate of drug-likeness (QED) is 0.772. The minimum Gasteiger partial charge on any atom is -0.494 e. The Morgan fingerprint density at radius 2 is 1.93 bits per heavy atom. The Morgan fingerprint density at radius 3 is 2.50 bits per heavy atom. The molecule has 1 aliphatic carbocycles. The molecule has 0 bridgehead atoms. The minimum atomic E-state index is -0.531. The van der Waals surface area contributed by atoms with Crippen molar-refractivity contribution < 1.29 is 14.6 Å². The van der Waals surface area contributed by atoms with Crippen LogP contribution in [0.1, 0.15) is 65.7 Å². The van der Waals surface area contributed by atoms with Crippen molar-refractivity contribution in [3.8, 4) is 17.7 Å². The van der Waals surface area contributed by atoms with Crippen molar-refractivity contribution >= 4 is 5.78 Å². The molecule has 0 saturated heterocycles. The second-order valence-electron chi connectivity index (χ2n) is 7.13. The molecule has 146 valence electrons. The highest BCUT2D eigenvalue weighted by atomic mass is 16.5. The summed E-state index contributed by atoms with van der Waals surface area (Å²) in [6.45, 7) is 3.28. The number of ketones is 1. The zero-order valence-corrected chi connectivity index (χ0v) is 16.2. The number of benzene rings is 1. The van der Waals surface area contributed by atoms with Gasteiger partial charge in [0, 0.05) is 6.04 Å². The van der Waals surface area contributed by atoms with Crippen molar-refractivity contribution in [1.29, 1.82) is 5.26 Å². The fraction of sp³-hybridized carbons (Fsp3) is 0.409. The summed E-state index contributed by atoms with van der Waals surface area (Å²) in [6, 6.07) is 9.15. The van der Waals surface area contributed by atoms with Gasteiger partial charge in [-0.25, -0.2) is 0 Å². The molecule has 6 nitrogen and oxygen atoms in total. The molecule has 0 radical (unpaired) electrons. The number of carbonyl (C=O) groups is 1. The van der Waals surface area contributed by atoms with Gasteiger partial charge in [0.05, 0.1) is 5.56 Å². The molecule has 0 atom stereocenters. The maximum absolute atomic E-state index is 12.8. The Labute approximate surface area is 164 Å². The molecule has 1 fully saturated rings. The fourth-order valence-corrected chi connectivity index (χ4v) is 3.80. The Bertz CT molecular complexity index is 978. The van der Waals surface area contributed by atoms with Crippen LogP contribution in [0.3, 0.4) is 0 Å². The van der Waals surface area contributed by atoms with Gasteiger partial charge >= 0.3 is 0 Å². The molecule has 0 spiro atoms. The number of pyridine rings is 1. The molecule has 0 amide bonds. The van der Waals surface area contributed by atoms with Gasteiger partial charge in [0.15, 0.2) is 6.61 Å². The predicted octanol–water partition coefficient (Wildman–Crippen LogP) is 3.67. The van der Waals surface area contributed by atoms with E-state index in [0.29, 0.717) is 5.75 Å². The van der Waals surface area contributed by atoms with E-state index in [9.17, 15) is 20.0 Å². The van der Waals surface area contributed by atoms with E-state index in [0.717, 1.165) is 37.7 Å². The summed E-state index contributed by atoms with van der Waals surface area (Å²) in [5.74, 6) is -0.270. The number of hydrogen-bond donors (Lipinski definition) is 1. The smallest absolute Gasteiger partial charge is 0.271 e. The van der Waals surface area contributed by atoms with Crippen LogP contribution in [-0.4, -0.2) is 22.1 Å². The van der Waals surface area contributed by atoms with E-state index >= 15 is 0 Å². The van der Waals surface area contributed by atoms with Crippen molar-refractivity contribution in [1.82, 2.24) is 4.57 Å². The first kappa shape index (κ1) is 19.7. The fourth-order valence-electron chi connectivity index (χ4n) is 3.80. The molecule has 1 saturated carbocycles. The van der Waals surface area contributed by atoms with E-state index in [1.165, 1.54) is 11.5 Å². The first-order chi connectivity index (χ1) is 13.5. The highest BCUT2D eigenvalue weighted by molar-refractivity contribution is 6.01. The molecule has 1 aromatic carbocycles. The van der Waals surface area contributed by atoms with Gasteiger partial charge in [0.2, 0.25) is 11.7 Å². The number of aromatic nitrogens is 1. The second kappa shape index (κ2) is 8.30. The topological polar surface area (TPSA) is 92.3 Å². The van der Waals surface area contributed by atoms with Crippen LogP contribution in [0, 0.1) is 18.3 Å². The van der Waals surface area contributed by atoms with Gasteiger partial charge in [-0.1, -0.05) is 31.9 Å². The summed E-state index contributed by atoms with van der Waals surface area (Å²) >= 11 is 0. The number of nitrogens with zero attached hydrogens (tertiary/aromatic N) is 2. The monoisotopic (exact) mass is 380 g/mol. The summed E-state index contributed by atoms with van der Waals surface area (Å²) in [7, 11) is 0. The van der Waals surface area contributed by atoms with E-state index in [1.807, 2.05) is 18.2 Å². The summed E-state index contributed by atoms with van der Waals surface area (Å²) in [5, 5.41) is 20.2. The van der Waals surface area contributed by atoms with Crippen LogP contribution in [0.2, 0.25) is 0 Å².